The fourth-order valence-corrected chi connectivity index (χ4v) is 5.15. The van der Waals surface area contributed by atoms with E-state index in [1.807, 2.05) is 37.4 Å². The summed E-state index contributed by atoms with van der Waals surface area (Å²) in [6.07, 6.45) is 9.83. The van der Waals surface area contributed by atoms with Crippen molar-refractivity contribution in [2.45, 2.75) is 51.4 Å². The second-order valence-electron chi connectivity index (χ2n) is 9.77. The summed E-state index contributed by atoms with van der Waals surface area (Å²) in [6.45, 7) is 8.00. The number of hydrogen-bond donors (Lipinski definition) is 0. The molecule has 1 fully saturated rings. The number of nitriles is 1. The van der Waals surface area contributed by atoms with E-state index in [0.29, 0.717) is 28.6 Å². The minimum Gasteiger partial charge on any atom is -0.260 e. The second kappa shape index (κ2) is 9.54. The average molecular weight is 465 g/mol. The Hall–Kier alpha value is -3.65. The van der Waals surface area contributed by atoms with Crippen LogP contribution in [0.4, 0.5) is 4.39 Å². The van der Waals surface area contributed by atoms with Crippen LogP contribution in [0.5, 0.6) is 0 Å². The van der Waals surface area contributed by atoms with E-state index < -0.39 is 0 Å². The number of pyridine rings is 1. The first kappa shape index (κ1) is 23.1. The summed E-state index contributed by atoms with van der Waals surface area (Å²) < 4.78 is 15.0. The Morgan fingerprint density at radius 1 is 1.17 bits per heavy atom. The minimum absolute atomic E-state index is 0.0858. The maximum Gasteiger partial charge on any atom is 0.161 e. The summed E-state index contributed by atoms with van der Waals surface area (Å²) in [6, 6.07) is 13.1. The molecule has 0 bridgehead atoms. The zero-order chi connectivity index (χ0) is 24.5. The number of fused-ring (bicyclic) bond motifs is 1. The SMILES string of the molecule is C=CC(C)C1CCc2c(-c3ccccc3F)nc(-c3ccc(C4CC4)nc3)nc2C1/C=C(\C)C#N. The highest BCUT2D eigenvalue weighted by Crippen LogP contribution is 2.45. The van der Waals surface area contributed by atoms with E-state index in [0.717, 1.165) is 35.4 Å². The number of halogens is 1. The fourth-order valence-electron chi connectivity index (χ4n) is 5.15. The zero-order valence-electron chi connectivity index (χ0n) is 20.2. The van der Waals surface area contributed by atoms with Crippen molar-refractivity contribution in [3.63, 3.8) is 0 Å². The molecule has 0 spiro atoms. The summed E-state index contributed by atoms with van der Waals surface area (Å²) in [5.74, 6) is 1.20. The van der Waals surface area contributed by atoms with Gasteiger partial charge >= 0.3 is 0 Å². The molecule has 0 N–H and O–H groups in total. The molecular formula is C30H29FN4. The summed E-state index contributed by atoms with van der Waals surface area (Å²) in [5.41, 5.74) is 5.50. The summed E-state index contributed by atoms with van der Waals surface area (Å²) in [5, 5.41) is 9.54. The van der Waals surface area contributed by atoms with E-state index >= 15 is 4.39 Å². The van der Waals surface area contributed by atoms with Gasteiger partial charge in [0.25, 0.3) is 0 Å². The molecule has 0 saturated heterocycles. The van der Waals surface area contributed by atoms with Crippen molar-refractivity contribution in [1.82, 2.24) is 15.0 Å². The van der Waals surface area contributed by atoms with Crippen LogP contribution in [0.2, 0.25) is 0 Å². The first-order chi connectivity index (χ1) is 17.0. The normalized spacial score (nSPS) is 20.6. The highest BCUT2D eigenvalue weighted by Gasteiger charge is 2.35. The van der Waals surface area contributed by atoms with Gasteiger partial charge < -0.3 is 0 Å². The highest BCUT2D eigenvalue weighted by atomic mass is 19.1. The number of benzene rings is 1. The molecule has 2 aromatic heterocycles. The largest absolute Gasteiger partial charge is 0.260 e. The van der Waals surface area contributed by atoms with Gasteiger partial charge in [0, 0.05) is 46.0 Å². The lowest BCUT2D eigenvalue weighted by atomic mass is 9.71. The van der Waals surface area contributed by atoms with Crippen LogP contribution in [0.1, 0.15) is 61.9 Å². The van der Waals surface area contributed by atoms with Gasteiger partial charge in [0.1, 0.15) is 5.82 Å². The third kappa shape index (κ3) is 4.53. The van der Waals surface area contributed by atoms with Crippen LogP contribution in [0.3, 0.4) is 0 Å². The molecule has 0 amide bonds. The van der Waals surface area contributed by atoms with Crippen LogP contribution in [0.15, 0.2) is 66.9 Å². The quantitative estimate of drug-likeness (QED) is 0.287. The van der Waals surface area contributed by atoms with E-state index in [2.05, 4.69) is 30.6 Å². The van der Waals surface area contributed by atoms with E-state index in [-0.39, 0.29) is 23.6 Å². The van der Waals surface area contributed by atoms with E-state index in [4.69, 9.17) is 9.97 Å². The summed E-state index contributed by atoms with van der Waals surface area (Å²) in [7, 11) is 0. The number of allylic oxidation sites excluding steroid dienone is 3. The van der Waals surface area contributed by atoms with Crippen molar-refractivity contribution >= 4 is 0 Å². The van der Waals surface area contributed by atoms with Gasteiger partial charge in [-0.2, -0.15) is 5.26 Å². The molecule has 3 atom stereocenters. The van der Waals surface area contributed by atoms with Crippen LogP contribution in [0, 0.1) is 29.0 Å². The summed E-state index contributed by atoms with van der Waals surface area (Å²) >= 11 is 0. The third-order valence-corrected chi connectivity index (χ3v) is 7.37. The Bertz CT molecular complexity index is 1330. The maximum atomic E-state index is 15.0. The first-order valence-electron chi connectivity index (χ1n) is 12.3. The molecule has 2 heterocycles. The Morgan fingerprint density at radius 3 is 2.63 bits per heavy atom. The lowest BCUT2D eigenvalue weighted by Gasteiger charge is -2.35. The van der Waals surface area contributed by atoms with E-state index in [1.165, 1.54) is 18.9 Å². The maximum absolute atomic E-state index is 15.0. The van der Waals surface area contributed by atoms with Crippen LogP contribution >= 0.6 is 0 Å². The minimum atomic E-state index is -0.302. The Kier molecular flexibility index (Phi) is 6.30. The molecule has 4 nitrogen and oxygen atoms in total. The predicted octanol–water partition coefficient (Wildman–Crippen LogP) is 7.16. The average Bonchev–Trinajstić information content (AvgIpc) is 3.74. The van der Waals surface area contributed by atoms with E-state index in [9.17, 15) is 5.26 Å². The lowest BCUT2D eigenvalue weighted by molar-refractivity contribution is 0.334. The molecule has 2 aliphatic rings. The molecule has 0 aliphatic heterocycles. The van der Waals surface area contributed by atoms with Gasteiger partial charge in [-0.25, -0.2) is 14.4 Å². The second-order valence-corrected chi connectivity index (χ2v) is 9.77. The number of hydrogen-bond acceptors (Lipinski definition) is 4. The van der Waals surface area contributed by atoms with Crippen LogP contribution in [-0.4, -0.2) is 15.0 Å². The molecule has 2 aliphatic carbocycles. The van der Waals surface area contributed by atoms with Crippen LogP contribution in [0.25, 0.3) is 22.6 Å². The van der Waals surface area contributed by atoms with Crippen molar-refractivity contribution in [2.75, 3.05) is 0 Å². The van der Waals surface area contributed by atoms with Gasteiger partial charge in [0.2, 0.25) is 0 Å². The predicted molar refractivity (Wildman–Crippen MR) is 136 cm³/mol. The van der Waals surface area contributed by atoms with E-state index in [1.54, 1.807) is 12.1 Å². The smallest absolute Gasteiger partial charge is 0.161 e. The molecular weight excluding hydrogens is 435 g/mol. The topological polar surface area (TPSA) is 62.5 Å². The van der Waals surface area contributed by atoms with Gasteiger partial charge in [-0.15, -0.1) is 6.58 Å². The molecule has 0 radical (unpaired) electrons. The van der Waals surface area contributed by atoms with Crippen LogP contribution < -0.4 is 0 Å². The third-order valence-electron chi connectivity index (χ3n) is 7.37. The van der Waals surface area contributed by atoms with Gasteiger partial charge in [0.05, 0.1) is 17.5 Å². The molecule has 35 heavy (non-hydrogen) atoms. The molecule has 3 unspecified atom stereocenters. The standard InChI is InChI=1S/C30H29FN4/c1-4-19(3)22-12-13-24-28(23-7-5-6-8-26(23)31)34-30(35-29(24)25(22)15-18(2)16-32)21-11-14-27(33-17-21)20-9-10-20/h4-8,11,14-15,17,19-20,22,25H,1,9-10,12-13H2,2-3H3/b18-15+. The monoisotopic (exact) mass is 464 g/mol. The fraction of sp³-hybridized carbons (Fsp3) is 0.333. The zero-order valence-corrected chi connectivity index (χ0v) is 20.2. The molecule has 1 saturated carbocycles. The van der Waals surface area contributed by atoms with Gasteiger partial charge in [-0.05, 0) is 68.7 Å². The van der Waals surface area contributed by atoms with Crippen LogP contribution in [-0.2, 0) is 6.42 Å². The van der Waals surface area contributed by atoms with Gasteiger partial charge in [0.15, 0.2) is 5.82 Å². The van der Waals surface area contributed by atoms with Gasteiger partial charge in [-0.1, -0.05) is 31.2 Å². The number of rotatable bonds is 6. The number of aromatic nitrogens is 3. The Labute approximate surface area is 206 Å². The molecule has 176 valence electrons. The first-order valence-corrected chi connectivity index (χ1v) is 12.3. The molecule has 5 rings (SSSR count). The highest BCUT2D eigenvalue weighted by molar-refractivity contribution is 5.69. The van der Waals surface area contributed by atoms with Gasteiger partial charge in [-0.3, -0.25) is 4.98 Å². The molecule has 1 aromatic carbocycles. The van der Waals surface area contributed by atoms with Crippen molar-refractivity contribution in [1.29, 1.82) is 5.26 Å². The Balaban J connectivity index is 1.72. The summed E-state index contributed by atoms with van der Waals surface area (Å²) in [4.78, 5) is 14.6. The number of nitrogens with zero attached hydrogens (tertiary/aromatic N) is 4. The molecule has 3 aromatic rings. The Morgan fingerprint density at radius 2 is 1.97 bits per heavy atom. The van der Waals surface area contributed by atoms with Crippen molar-refractivity contribution < 1.29 is 4.39 Å². The van der Waals surface area contributed by atoms with Crippen molar-refractivity contribution in [2.24, 2.45) is 11.8 Å². The van der Waals surface area contributed by atoms with Crippen molar-refractivity contribution in [3.05, 3.63) is 89.7 Å². The lowest BCUT2D eigenvalue weighted by Crippen LogP contribution is -2.27. The van der Waals surface area contributed by atoms with Crippen molar-refractivity contribution in [3.8, 4) is 28.7 Å². The molecule has 5 heteroatoms.